The first-order chi connectivity index (χ1) is 9.83. The molecule has 0 fully saturated rings. The fourth-order valence-electron chi connectivity index (χ4n) is 2.47. The highest BCUT2D eigenvalue weighted by Crippen LogP contribution is 2.32. The molecule has 2 aromatic rings. The highest BCUT2D eigenvalue weighted by atomic mass is 16.5. The minimum Gasteiger partial charge on any atom is -0.496 e. The number of ether oxygens (including phenoxy) is 2. The highest BCUT2D eigenvalue weighted by molar-refractivity contribution is 5.89. The summed E-state index contributed by atoms with van der Waals surface area (Å²) in [5, 5.41) is 0. The van der Waals surface area contributed by atoms with Gasteiger partial charge in [-0.05, 0) is 35.4 Å². The fraction of sp³-hybridized carbons (Fsp3) is 0.111. The molecular weight excluding hydrogens is 248 g/mol. The molecule has 2 heteroatoms. The van der Waals surface area contributed by atoms with Crippen molar-refractivity contribution in [1.82, 2.24) is 0 Å². The molecule has 1 aliphatic rings. The quantitative estimate of drug-likeness (QED) is 0.684. The first-order valence-corrected chi connectivity index (χ1v) is 6.53. The number of hydrogen-bond acceptors (Lipinski definition) is 2. The predicted octanol–water partition coefficient (Wildman–Crippen LogP) is 4.36. The summed E-state index contributed by atoms with van der Waals surface area (Å²) in [6.07, 6.45) is 8.39. The van der Waals surface area contributed by atoms with Crippen molar-refractivity contribution in [3.63, 3.8) is 0 Å². The van der Waals surface area contributed by atoms with Crippen LogP contribution in [0.4, 0.5) is 0 Å². The maximum absolute atomic E-state index is 5.44. The van der Waals surface area contributed by atoms with Crippen molar-refractivity contribution < 1.29 is 9.47 Å². The molecule has 1 aliphatic carbocycles. The highest BCUT2D eigenvalue weighted by Gasteiger charge is 2.09. The van der Waals surface area contributed by atoms with Crippen LogP contribution in [-0.4, -0.2) is 14.2 Å². The van der Waals surface area contributed by atoms with E-state index in [-0.39, 0.29) is 0 Å². The van der Waals surface area contributed by atoms with Gasteiger partial charge in [-0.15, -0.1) is 0 Å². The van der Waals surface area contributed by atoms with Crippen molar-refractivity contribution in [2.75, 3.05) is 14.2 Å². The molecule has 0 bridgehead atoms. The smallest absolute Gasteiger partial charge is 0.126 e. The van der Waals surface area contributed by atoms with E-state index in [0.717, 1.165) is 33.8 Å². The van der Waals surface area contributed by atoms with Gasteiger partial charge in [-0.3, -0.25) is 0 Å². The zero-order valence-electron chi connectivity index (χ0n) is 11.6. The van der Waals surface area contributed by atoms with Gasteiger partial charge >= 0.3 is 0 Å². The third kappa shape index (κ3) is 2.10. The lowest BCUT2D eigenvalue weighted by Gasteiger charge is -2.13. The number of fused-ring (bicyclic) bond motifs is 2. The van der Waals surface area contributed by atoms with Gasteiger partial charge in [-0.1, -0.05) is 36.4 Å². The second-order valence-corrected chi connectivity index (χ2v) is 4.59. The van der Waals surface area contributed by atoms with Crippen molar-refractivity contribution in [3.8, 4) is 11.5 Å². The number of hydrogen-bond donors (Lipinski definition) is 0. The van der Waals surface area contributed by atoms with E-state index in [9.17, 15) is 0 Å². The number of methoxy groups -OCH3 is 2. The first-order valence-electron chi connectivity index (χ1n) is 6.53. The molecule has 0 heterocycles. The molecule has 0 saturated heterocycles. The molecule has 0 N–H and O–H groups in total. The second-order valence-electron chi connectivity index (χ2n) is 4.59. The van der Waals surface area contributed by atoms with Crippen molar-refractivity contribution >= 4 is 24.3 Å². The molecule has 0 aliphatic heterocycles. The van der Waals surface area contributed by atoms with Crippen LogP contribution in [0.15, 0.2) is 36.4 Å². The van der Waals surface area contributed by atoms with Crippen LogP contribution in [0.5, 0.6) is 11.5 Å². The van der Waals surface area contributed by atoms with E-state index in [1.165, 1.54) is 0 Å². The first kappa shape index (κ1) is 12.5. The van der Waals surface area contributed by atoms with Gasteiger partial charge in [0.05, 0.1) is 14.2 Å². The molecule has 0 saturated carbocycles. The summed E-state index contributed by atoms with van der Waals surface area (Å²) in [6, 6.07) is 12.1. The van der Waals surface area contributed by atoms with Crippen molar-refractivity contribution in [1.29, 1.82) is 0 Å². The maximum atomic E-state index is 5.44. The Morgan fingerprint density at radius 1 is 0.600 bits per heavy atom. The molecule has 0 atom stereocenters. The van der Waals surface area contributed by atoms with Crippen LogP contribution in [-0.2, 0) is 0 Å². The van der Waals surface area contributed by atoms with Crippen LogP contribution in [0.25, 0.3) is 24.3 Å². The van der Waals surface area contributed by atoms with Crippen LogP contribution in [0, 0.1) is 0 Å². The zero-order chi connectivity index (χ0) is 13.9. The normalized spacial score (nSPS) is 15.3. The van der Waals surface area contributed by atoms with Gasteiger partial charge in [-0.25, -0.2) is 0 Å². The van der Waals surface area contributed by atoms with E-state index < -0.39 is 0 Å². The Morgan fingerprint density at radius 3 is 1.45 bits per heavy atom. The summed E-state index contributed by atoms with van der Waals surface area (Å²) in [7, 11) is 3.39. The molecule has 0 unspecified atom stereocenters. The van der Waals surface area contributed by atoms with Gasteiger partial charge in [0.2, 0.25) is 0 Å². The second kappa shape index (κ2) is 5.25. The lowest BCUT2D eigenvalue weighted by molar-refractivity contribution is 0.413. The van der Waals surface area contributed by atoms with E-state index in [1.807, 2.05) is 24.3 Å². The van der Waals surface area contributed by atoms with Gasteiger partial charge < -0.3 is 9.47 Å². The van der Waals surface area contributed by atoms with E-state index in [2.05, 4.69) is 36.4 Å². The summed E-state index contributed by atoms with van der Waals surface area (Å²) < 4.78 is 10.9. The minimum atomic E-state index is 0.877. The van der Waals surface area contributed by atoms with E-state index >= 15 is 0 Å². The monoisotopic (exact) mass is 264 g/mol. The van der Waals surface area contributed by atoms with Crippen molar-refractivity contribution in [2.45, 2.75) is 0 Å². The van der Waals surface area contributed by atoms with Crippen LogP contribution < -0.4 is 9.47 Å². The Hall–Kier alpha value is -2.48. The number of rotatable bonds is 2. The molecule has 0 radical (unpaired) electrons. The molecule has 20 heavy (non-hydrogen) atoms. The van der Waals surface area contributed by atoms with Crippen molar-refractivity contribution in [2.24, 2.45) is 0 Å². The molecule has 0 spiro atoms. The zero-order valence-corrected chi connectivity index (χ0v) is 11.6. The molecular formula is C18H16O2. The maximum Gasteiger partial charge on any atom is 0.126 e. The largest absolute Gasteiger partial charge is 0.496 e. The van der Waals surface area contributed by atoms with Gasteiger partial charge in [0.1, 0.15) is 11.5 Å². The molecule has 3 rings (SSSR count). The van der Waals surface area contributed by atoms with E-state index in [4.69, 9.17) is 9.47 Å². The Labute approximate surface area is 119 Å². The van der Waals surface area contributed by atoms with E-state index in [0.29, 0.717) is 0 Å². The molecule has 2 aromatic carbocycles. The summed E-state index contributed by atoms with van der Waals surface area (Å²) >= 11 is 0. The average molecular weight is 264 g/mol. The SMILES string of the molecule is COc1cccc2c1/C=C\c1c(cccc1OC)/C=C\2. The third-order valence-corrected chi connectivity index (χ3v) is 3.50. The molecule has 0 amide bonds. The molecule has 0 aromatic heterocycles. The summed E-state index contributed by atoms with van der Waals surface area (Å²) in [5.41, 5.74) is 4.47. The lowest BCUT2D eigenvalue weighted by atomic mass is 9.97. The summed E-state index contributed by atoms with van der Waals surface area (Å²) in [5.74, 6) is 1.75. The topological polar surface area (TPSA) is 18.5 Å². The van der Waals surface area contributed by atoms with E-state index in [1.54, 1.807) is 14.2 Å². The standard InChI is InChI=1S/C18H16O2/c1-19-17-7-3-5-13-9-10-14-6-4-8-18(20-2)16(14)12-11-15(13)17/h3-12H,1-2H3/b10-9-,12-11-,13-9?,14-10?,15-11?,16-12?. The van der Waals surface area contributed by atoms with Gasteiger partial charge in [0, 0.05) is 11.1 Å². The summed E-state index contributed by atoms with van der Waals surface area (Å²) in [6.45, 7) is 0. The Morgan fingerprint density at radius 2 is 1.05 bits per heavy atom. The van der Waals surface area contributed by atoms with Crippen LogP contribution in [0.1, 0.15) is 22.3 Å². The Bertz CT molecular complexity index is 637. The lowest BCUT2D eigenvalue weighted by Crippen LogP contribution is -1.93. The van der Waals surface area contributed by atoms with Crippen LogP contribution >= 0.6 is 0 Å². The van der Waals surface area contributed by atoms with Crippen molar-refractivity contribution in [3.05, 3.63) is 58.7 Å². The number of benzene rings is 2. The fourth-order valence-corrected chi connectivity index (χ4v) is 2.47. The molecule has 2 nitrogen and oxygen atoms in total. The Balaban J connectivity index is 2.19. The van der Waals surface area contributed by atoms with Gasteiger partial charge in [0.25, 0.3) is 0 Å². The van der Waals surface area contributed by atoms with Crippen LogP contribution in [0.3, 0.4) is 0 Å². The van der Waals surface area contributed by atoms with Gasteiger partial charge in [0.15, 0.2) is 0 Å². The third-order valence-electron chi connectivity index (χ3n) is 3.50. The average Bonchev–Trinajstić information content (AvgIpc) is 2.48. The predicted molar refractivity (Wildman–Crippen MR) is 83.8 cm³/mol. The minimum absolute atomic E-state index is 0.877. The Kier molecular flexibility index (Phi) is 3.30. The molecule has 100 valence electrons. The van der Waals surface area contributed by atoms with Gasteiger partial charge in [-0.2, -0.15) is 0 Å². The summed E-state index contributed by atoms with van der Waals surface area (Å²) in [4.78, 5) is 0. The van der Waals surface area contributed by atoms with Crippen LogP contribution in [0.2, 0.25) is 0 Å².